The van der Waals surface area contributed by atoms with E-state index in [1.165, 1.54) is 0 Å². The molecule has 0 radical (unpaired) electrons. The van der Waals surface area contributed by atoms with Gasteiger partial charge < -0.3 is 0 Å². The molecule has 0 aromatic carbocycles. The lowest BCUT2D eigenvalue weighted by atomic mass is 10.1. The molecule has 1 unspecified atom stereocenters. The van der Waals surface area contributed by atoms with Crippen LogP contribution in [0.5, 0.6) is 0 Å². The second-order valence-electron chi connectivity index (χ2n) is 5.66. The summed E-state index contributed by atoms with van der Waals surface area (Å²) >= 11 is 0. The summed E-state index contributed by atoms with van der Waals surface area (Å²) in [5, 5.41) is 9.47. The van der Waals surface area contributed by atoms with Crippen LogP contribution in [0.3, 0.4) is 0 Å². The molecular weight excluding hydrogens is 318 g/mol. The van der Waals surface area contributed by atoms with Gasteiger partial charge in [-0.15, -0.1) is 0 Å². The van der Waals surface area contributed by atoms with Crippen molar-refractivity contribution >= 4 is 21.7 Å². The van der Waals surface area contributed by atoms with Crippen LogP contribution < -0.4 is 10.0 Å². The van der Waals surface area contributed by atoms with Crippen LogP contribution in [0.1, 0.15) is 6.42 Å². The van der Waals surface area contributed by atoms with E-state index in [9.17, 15) is 13.2 Å². The topological polar surface area (TPSA) is 111 Å². The maximum atomic E-state index is 12.2. The molecule has 2 aromatic rings. The zero-order valence-corrected chi connectivity index (χ0v) is 13.4. The SMILES string of the molecule is Cn1nc(-c2cccnc2)cc1N1CC(CS(N)(=O)=O)CC1=O. The first kappa shape index (κ1) is 15.6. The van der Waals surface area contributed by atoms with Crippen LogP contribution in [0, 0.1) is 5.92 Å². The van der Waals surface area contributed by atoms with E-state index in [0.717, 1.165) is 5.56 Å². The summed E-state index contributed by atoms with van der Waals surface area (Å²) in [4.78, 5) is 17.8. The Morgan fingerprint density at radius 1 is 1.43 bits per heavy atom. The van der Waals surface area contributed by atoms with Crippen molar-refractivity contribution in [2.24, 2.45) is 18.1 Å². The van der Waals surface area contributed by atoms with Gasteiger partial charge in [0.15, 0.2) is 0 Å². The van der Waals surface area contributed by atoms with Crippen molar-refractivity contribution < 1.29 is 13.2 Å². The predicted molar refractivity (Wildman–Crippen MR) is 84.9 cm³/mol. The molecule has 3 rings (SSSR count). The van der Waals surface area contributed by atoms with Gasteiger partial charge in [-0.2, -0.15) is 5.10 Å². The first-order valence-electron chi connectivity index (χ1n) is 7.09. The molecular formula is C14H17N5O3S. The van der Waals surface area contributed by atoms with Gasteiger partial charge in [-0.25, -0.2) is 13.6 Å². The molecule has 9 heteroatoms. The molecule has 8 nitrogen and oxygen atoms in total. The Bertz CT molecular complexity index is 831. The second-order valence-corrected chi connectivity index (χ2v) is 7.32. The fourth-order valence-corrected chi connectivity index (χ4v) is 3.69. The summed E-state index contributed by atoms with van der Waals surface area (Å²) in [5.74, 6) is 0.0159. The molecule has 1 aliphatic rings. The van der Waals surface area contributed by atoms with Crippen molar-refractivity contribution in [3.63, 3.8) is 0 Å². The molecule has 23 heavy (non-hydrogen) atoms. The summed E-state index contributed by atoms with van der Waals surface area (Å²) in [5.41, 5.74) is 1.56. The van der Waals surface area contributed by atoms with Crippen LogP contribution in [0.4, 0.5) is 5.82 Å². The number of aryl methyl sites for hydroxylation is 1. The first-order valence-corrected chi connectivity index (χ1v) is 8.80. The number of hydrogen-bond acceptors (Lipinski definition) is 5. The number of carbonyl (C=O) groups excluding carboxylic acids is 1. The third-order valence-electron chi connectivity index (χ3n) is 3.76. The molecule has 0 bridgehead atoms. The van der Waals surface area contributed by atoms with Crippen molar-refractivity contribution in [2.45, 2.75) is 6.42 Å². The number of aromatic nitrogens is 3. The van der Waals surface area contributed by atoms with Gasteiger partial charge in [0.1, 0.15) is 5.82 Å². The highest BCUT2D eigenvalue weighted by Gasteiger charge is 2.34. The van der Waals surface area contributed by atoms with Crippen LogP contribution in [0.25, 0.3) is 11.3 Å². The molecule has 3 heterocycles. The van der Waals surface area contributed by atoms with Crippen LogP contribution in [0.15, 0.2) is 30.6 Å². The minimum atomic E-state index is -3.59. The number of anilines is 1. The van der Waals surface area contributed by atoms with Gasteiger partial charge in [-0.05, 0) is 12.1 Å². The van der Waals surface area contributed by atoms with Crippen molar-refractivity contribution in [2.75, 3.05) is 17.2 Å². The number of amides is 1. The highest BCUT2D eigenvalue weighted by molar-refractivity contribution is 7.89. The standard InChI is InChI=1S/C14H17N5O3S/c1-18-13(6-12(17-18)11-3-2-4-16-7-11)19-8-10(5-14(19)20)9-23(15,21)22/h2-4,6-7,10H,5,8-9H2,1H3,(H2,15,21,22). The number of hydrogen-bond donors (Lipinski definition) is 1. The van der Waals surface area contributed by atoms with E-state index in [0.29, 0.717) is 18.1 Å². The minimum Gasteiger partial charge on any atom is -0.297 e. The Hall–Kier alpha value is -2.26. The maximum Gasteiger partial charge on any atom is 0.228 e. The molecule has 2 aromatic heterocycles. The number of sulfonamides is 1. The molecule has 2 N–H and O–H groups in total. The van der Waals surface area contributed by atoms with E-state index >= 15 is 0 Å². The van der Waals surface area contributed by atoms with Crippen LogP contribution in [0.2, 0.25) is 0 Å². The number of pyridine rings is 1. The van der Waals surface area contributed by atoms with Crippen molar-refractivity contribution in [1.82, 2.24) is 14.8 Å². The molecule has 0 spiro atoms. The summed E-state index contributed by atoms with van der Waals surface area (Å²) in [6, 6.07) is 5.50. The molecule has 1 aliphatic heterocycles. The highest BCUT2D eigenvalue weighted by Crippen LogP contribution is 2.28. The lowest BCUT2D eigenvalue weighted by Gasteiger charge is -2.16. The summed E-state index contributed by atoms with van der Waals surface area (Å²) in [7, 11) is -1.85. The van der Waals surface area contributed by atoms with Gasteiger partial charge in [-0.3, -0.25) is 19.4 Å². The Kier molecular flexibility index (Phi) is 3.90. The summed E-state index contributed by atoms with van der Waals surface area (Å²) in [6.45, 7) is 0.321. The lowest BCUT2D eigenvalue weighted by Crippen LogP contribution is -2.28. The zero-order chi connectivity index (χ0) is 16.6. The monoisotopic (exact) mass is 335 g/mol. The normalized spacial score (nSPS) is 18.6. The number of nitrogens with zero attached hydrogens (tertiary/aromatic N) is 4. The van der Waals surface area contributed by atoms with E-state index in [1.807, 2.05) is 12.1 Å². The van der Waals surface area contributed by atoms with Gasteiger partial charge in [-0.1, -0.05) is 0 Å². The van der Waals surface area contributed by atoms with Crippen molar-refractivity contribution in [3.05, 3.63) is 30.6 Å². The average Bonchev–Trinajstić information content (AvgIpc) is 3.01. The van der Waals surface area contributed by atoms with Crippen LogP contribution in [-0.2, 0) is 21.9 Å². The Morgan fingerprint density at radius 2 is 2.22 bits per heavy atom. The largest absolute Gasteiger partial charge is 0.297 e. The van der Waals surface area contributed by atoms with Crippen molar-refractivity contribution in [1.29, 1.82) is 0 Å². The molecule has 1 fully saturated rings. The first-order chi connectivity index (χ1) is 10.8. The van der Waals surface area contributed by atoms with Gasteiger partial charge in [0.2, 0.25) is 15.9 Å². The van der Waals surface area contributed by atoms with E-state index in [4.69, 9.17) is 5.14 Å². The van der Waals surface area contributed by atoms with Crippen LogP contribution in [-0.4, -0.2) is 41.4 Å². The molecule has 122 valence electrons. The lowest BCUT2D eigenvalue weighted by molar-refractivity contribution is -0.117. The van der Waals surface area contributed by atoms with Gasteiger partial charge in [0.25, 0.3) is 0 Å². The fourth-order valence-electron chi connectivity index (χ4n) is 2.81. The Morgan fingerprint density at radius 3 is 2.87 bits per heavy atom. The second kappa shape index (κ2) is 5.74. The van der Waals surface area contributed by atoms with Gasteiger partial charge in [0.05, 0.1) is 11.4 Å². The van der Waals surface area contributed by atoms with Gasteiger partial charge in [0, 0.05) is 50.0 Å². The Labute approximate surface area is 134 Å². The average molecular weight is 335 g/mol. The number of nitrogens with two attached hydrogens (primary N) is 1. The molecule has 1 saturated heterocycles. The number of primary sulfonamides is 1. The van der Waals surface area contributed by atoms with E-state index in [-0.39, 0.29) is 24.0 Å². The van der Waals surface area contributed by atoms with E-state index in [1.54, 1.807) is 35.1 Å². The zero-order valence-electron chi connectivity index (χ0n) is 12.6. The number of carbonyl (C=O) groups is 1. The van der Waals surface area contributed by atoms with E-state index < -0.39 is 10.0 Å². The highest BCUT2D eigenvalue weighted by atomic mass is 32.2. The predicted octanol–water partition coefficient (Wildman–Crippen LogP) is 0.124. The summed E-state index contributed by atoms with van der Waals surface area (Å²) < 4.78 is 24.0. The quantitative estimate of drug-likeness (QED) is 0.853. The van der Waals surface area contributed by atoms with Crippen LogP contribution >= 0.6 is 0 Å². The fraction of sp³-hybridized carbons (Fsp3) is 0.357. The summed E-state index contributed by atoms with van der Waals surface area (Å²) in [6.07, 6.45) is 3.54. The third kappa shape index (κ3) is 3.40. The number of rotatable bonds is 4. The van der Waals surface area contributed by atoms with E-state index in [2.05, 4.69) is 10.1 Å². The molecule has 1 amide bonds. The third-order valence-corrected chi connectivity index (χ3v) is 4.70. The molecule has 0 saturated carbocycles. The smallest absolute Gasteiger partial charge is 0.228 e. The maximum absolute atomic E-state index is 12.2. The molecule has 1 atom stereocenters. The Balaban J connectivity index is 1.85. The molecule has 0 aliphatic carbocycles. The minimum absolute atomic E-state index is 0.126. The van der Waals surface area contributed by atoms with Crippen molar-refractivity contribution in [3.8, 4) is 11.3 Å². The van der Waals surface area contributed by atoms with Gasteiger partial charge >= 0.3 is 0 Å².